The van der Waals surface area contributed by atoms with E-state index in [0.717, 1.165) is 8.19 Å². The van der Waals surface area contributed by atoms with E-state index >= 15 is 0 Å². The molecule has 0 bridgehead atoms. The third-order valence-corrected chi connectivity index (χ3v) is 4.46. The highest BCUT2D eigenvalue weighted by atomic mass is 31.0. The van der Waals surface area contributed by atoms with Gasteiger partial charge >= 0.3 is 0 Å². The van der Waals surface area contributed by atoms with Crippen LogP contribution in [0.2, 0.25) is 0 Å². The molecule has 1 aromatic rings. The van der Waals surface area contributed by atoms with Crippen LogP contribution >= 0.6 is 8.19 Å². The molecule has 1 unspecified atom stereocenters. The second-order valence-corrected chi connectivity index (χ2v) is 6.71. The molecule has 1 aromatic heterocycles. The number of aromatic nitrogens is 1. The van der Waals surface area contributed by atoms with E-state index in [9.17, 15) is 0 Å². The first-order chi connectivity index (χ1) is 8.33. The Balaban J connectivity index is 1.84. The molecule has 2 heteroatoms. The average molecular weight is 253 g/mol. The molecular formula is C15H28NP. The van der Waals surface area contributed by atoms with Crippen molar-refractivity contribution in [3.63, 3.8) is 0 Å². The molecule has 0 aliphatic rings. The van der Waals surface area contributed by atoms with Gasteiger partial charge in [-0.15, -0.1) is 8.19 Å². The molecule has 1 atom stereocenters. The minimum Gasteiger partial charge on any atom is -0.257 e. The number of hydrogen-bond acceptors (Lipinski definition) is 1. The molecule has 1 nitrogen and oxygen atoms in total. The Morgan fingerprint density at radius 1 is 0.941 bits per heavy atom. The van der Waals surface area contributed by atoms with E-state index in [1.165, 1.54) is 74.9 Å². The van der Waals surface area contributed by atoms with Crippen LogP contribution in [0.25, 0.3) is 0 Å². The zero-order valence-electron chi connectivity index (χ0n) is 11.6. The Labute approximate surface area is 109 Å². The highest BCUT2D eigenvalue weighted by molar-refractivity contribution is 7.31. The SMILES string of the molecule is CCCCCCCCCCCc1ncc(C)[pH]1. The number of unbranched alkanes of at least 4 members (excludes halogenated alkanes) is 8. The summed E-state index contributed by atoms with van der Waals surface area (Å²) in [5.74, 6) is 0. The number of nitrogens with zero attached hydrogens (tertiary/aromatic N) is 1. The summed E-state index contributed by atoms with van der Waals surface area (Å²) in [6.07, 6.45) is 16.0. The van der Waals surface area contributed by atoms with Gasteiger partial charge in [0.05, 0.1) is 5.43 Å². The minimum atomic E-state index is 0.897. The lowest BCUT2D eigenvalue weighted by Gasteiger charge is -2.01. The third-order valence-electron chi connectivity index (χ3n) is 3.27. The van der Waals surface area contributed by atoms with E-state index in [2.05, 4.69) is 18.8 Å². The van der Waals surface area contributed by atoms with Gasteiger partial charge < -0.3 is 0 Å². The average Bonchev–Trinajstić information content (AvgIpc) is 2.73. The Kier molecular flexibility index (Phi) is 8.44. The fourth-order valence-corrected chi connectivity index (χ4v) is 3.21. The summed E-state index contributed by atoms with van der Waals surface area (Å²) in [7, 11) is 0.897. The van der Waals surface area contributed by atoms with Gasteiger partial charge in [-0.25, -0.2) is 0 Å². The number of aryl methyl sites for hydroxylation is 2. The predicted octanol–water partition coefficient (Wildman–Crippen LogP) is 5.49. The first kappa shape index (κ1) is 14.8. The third kappa shape index (κ3) is 7.60. The van der Waals surface area contributed by atoms with Crippen LogP contribution in [0, 0.1) is 6.92 Å². The summed E-state index contributed by atoms with van der Waals surface area (Å²) in [5.41, 5.74) is 1.44. The molecule has 0 aromatic carbocycles. The molecule has 0 aliphatic carbocycles. The molecule has 98 valence electrons. The molecule has 0 radical (unpaired) electrons. The van der Waals surface area contributed by atoms with Crippen LogP contribution in [0.3, 0.4) is 0 Å². The van der Waals surface area contributed by atoms with Crippen LogP contribution in [0.5, 0.6) is 0 Å². The second kappa shape index (κ2) is 9.71. The van der Waals surface area contributed by atoms with Crippen LogP contribution < -0.4 is 0 Å². The molecule has 0 saturated carbocycles. The van der Waals surface area contributed by atoms with Crippen LogP contribution in [0.1, 0.15) is 75.4 Å². The first-order valence-corrected chi connectivity index (χ1v) is 8.33. The first-order valence-electron chi connectivity index (χ1n) is 7.33. The summed E-state index contributed by atoms with van der Waals surface area (Å²) in [6, 6.07) is 0. The summed E-state index contributed by atoms with van der Waals surface area (Å²) < 4.78 is 0. The van der Waals surface area contributed by atoms with Gasteiger partial charge in [-0.2, -0.15) is 0 Å². The number of rotatable bonds is 10. The van der Waals surface area contributed by atoms with Crippen molar-refractivity contribution in [1.82, 2.24) is 4.98 Å². The maximum atomic E-state index is 4.45. The zero-order chi connectivity index (χ0) is 12.3. The molecule has 0 spiro atoms. The Hall–Kier alpha value is -0.290. The lowest BCUT2D eigenvalue weighted by Crippen LogP contribution is -1.85. The lowest BCUT2D eigenvalue weighted by atomic mass is 10.1. The second-order valence-electron chi connectivity index (χ2n) is 5.09. The largest absolute Gasteiger partial charge is 0.257 e. The van der Waals surface area contributed by atoms with Crippen molar-refractivity contribution in [3.05, 3.63) is 16.9 Å². The van der Waals surface area contributed by atoms with Crippen molar-refractivity contribution >= 4 is 8.19 Å². The fourth-order valence-electron chi connectivity index (χ4n) is 2.20. The van der Waals surface area contributed by atoms with Crippen LogP contribution in [-0.2, 0) is 6.42 Å². The van der Waals surface area contributed by atoms with Gasteiger partial charge in [0, 0.05) is 6.20 Å². The van der Waals surface area contributed by atoms with E-state index in [-0.39, 0.29) is 0 Å². The van der Waals surface area contributed by atoms with E-state index in [1.807, 2.05) is 6.20 Å². The Bertz CT molecular complexity index is 280. The molecule has 0 saturated heterocycles. The van der Waals surface area contributed by atoms with Crippen molar-refractivity contribution in [2.45, 2.75) is 78.1 Å². The Morgan fingerprint density at radius 2 is 1.53 bits per heavy atom. The van der Waals surface area contributed by atoms with Crippen molar-refractivity contribution in [3.8, 4) is 0 Å². The molecule has 0 N–H and O–H groups in total. The standard InChI is InChI=1S/C15H28NP/c1-3-4-5-6-7-8-9-10-11-12-15-16-13-14(2)17-15/h13,17H,3-12H2,1-2H3. The monoisotopic (exact) mass is 253 g/mol. The molecule has 1 rings (SSSR count). The molecule has 0 amide bonds. The molecular weight excluding hydrogens is 225 g/mol. The maximum absolute atomic E-state index is 4.45. The highest BCUT2D eigenvalue weighted by Gasteiger charge is 1.97. The van der Waals surface area contributed by atoms with E-state index in [1.54, 1.807) is 0 Å². The van der Waals surface area contributed by atoms with Gasteiger partial charge in [0.15, 0.2) is 0 Å². The van der Waals surface area contributed by atoms with E-state index < -0.39 is 0 Å². The quantitative estimate of drug-likeness (QED) is 0.502. The summed E-state index contributed by atoms with van der Waals surface area (Å²) >= 11 is 0. The topological polar surface area (TPSA) is 12.9 Å². The van der Waals surface area contributed by atoms with Crippen molar-refractivity contribution in [2.24, 2.45) is 0 Å². The van der Waals surface area contributed by atoms with Gasteiger partial charge in [0.1, 0.15) is 0 Å². The van der Waals surface area contributed by atoms with E-state index in [0.29, 0.717) is 0 Å². The van der Waals surface area contributed by atoms with Crippen molar-refractivity contribution < 1.29 is 0 Å². The van der Waals surface area contributed by atoms with Crippen LogP contribution in [-0.4, -0.2) is 4.98 Å². The van der Waals surface area contributed by atoms with Gasteiger partial charge in [-0.1, -0.05) is 58.3 Å². The maximum Gasteiger partial charge on any atom is 0.0564 e. The van der Waals surface area contributed by atoms with Gasteiger partial charge in [0.25, 0.3) is 0 Å². The Morgan fingerprint density at radius 3 is 2.06 bits per heavy atom. The summed E-state index contributed by atoms with van der Waals surface area (Å²) in [4.78, 5) is 4.45. The van der Waals surface area contributed by atoms with Crippen molar-refractivity contribution in [2.75, 3.05) is 0 Å². The predicted molar refractivity (Wildman–Crippen MR) is 79.4 cm³/mol. The molecule has 0 fully saturated rings. The lowest BCUT2D eigenvalue weighted by molar-refractivity contribution is 0.564. The summed E-state index contributed by atoms with van der Waals surface area (Å²) in [6.45, 7) is 4.47. The van der Waals surface area contributed by atoms with Gasteiger partial charge in [-0.3, -0.25) is 4.98 Å². The minimum absolute atomic E-state index is 0.897. The zero-order valence-corrected chi connectivity index (χ0v) is 12.6. The van der Waals surface area contributed by atoms with Crippen molar-refractivity contribution in [1.29, 1.82) is 0 Å². The van der Waals surface area contributed by atoms with Gasteiger partial charge in [0.2, 0.25) is 0 Å². The molecule has 17 heavy (non-hydrogen) atoms. The fraction of sp³-hybridized carbons (Fsp3) is 0.800. The molecule has 0 aliphatic heterocycles. The molecule has 1 heterocycles. The highest BCUT2D eigenvalue weighted by Crippen LogP contribution is 2.20. The smallest absolute Gasteiger partial charge is 0.0564 e. The van der Waals surface area contributed by atoms with Gasteiger partial charge in [-0.05, 0) is 25.1 Å². The summed E-state index contributed by atoms with van der Waals surface area (Å²) in [5, 5.41) is 1.45. The van der Waals surface area contributed by atoms with E-state index in [4.69, 9.17) is 0 Å². The number of hydrogen-bond donors (Lipinski definition) is 0. The normalized spacial score (nSPS) is 11.4. The van der Waals surface area contributed by atoms with Crippen LogP contribution in [0.4, 0.5) is 0 Å². The van der Waals surface area contributed by atoms with Crippen LogP contribution in [0.15, 0.2) is 6.20 Å².